The summed E-state index contributed by atoms with van der Waals surface area (Å²) in [5, 5.41) is 8.31. The fraction of sp³-hybridized carbons (Fsp3) is 0.143. The average molecular weight is 286 g/mol. The van der Waals surface area contributed by atoms with E-state index in [4.69, 9.17) is 4.74 Å². The number of anilines is 3. The molecule has 0 saturated heterocycles. The van der Waals surface area contributed by atoms with Gasteiger partial charge in [0.2, 0.25) is 5.95 Å². The third kappa shape index (κ3) is 2.37. The van der Waals surface area contributed by atoms with Crippen molar-refractivity contribution in [2.24, 2.45) is 0 Å². The zero-order valence-corrected chi connectivity index (χ0v) is 12.0. The fourth-order valence-electron chi connectivity index (χ4n) is 1.89. The number of methoxy groups -OCH3 is 1. The summed E-state index contributed by atoms with van der Waals surface area (Å²) >= 11 is 1.63. The molecule has 0 unspecified atom stereocenters. The lowest BCUT2D eigenvalue weighted by atomic mass is 10.3. The number of hydrogen-bond donors (Lipinski definition) is 2. The van der Waals surface area contributed by atoms with Gasteiger partial charge in [-0.2, -0.15) is 4.98 Å². The molecule has 1 aromatic carbocycles. The van der Waals surface area contributed by atoms with Gasteiger partial charge >= 0.3 is 0 Å². The summed E-state index contributed by atoms with van der Waals surface area (Å²) in [6.45, 7) is 0. The summed E-state index contributed by atoms with van der Waals surface area (Å²) in [5.74, 6) is 2.23. The molecule has 20 heavy (non-hydrogen) atoms. The van der Waals surface area contributed by atoms with Crippen LogP contribution < -0.4 is 15.4 Å². The topological polar surface area (TPSA) is 59.1 Å². The van der Waals surface area contributed by atoms with Crippen LogP contribution in [0.1, 0.15) is 0 Å². The van der Waals surface area contributed by atoms with Gasteiger partial charge in [0.25, 0.3) is 0 Å². The largest absolute Gasteiger partial charge is 0.497 e. The van der Waals surface area contributed by atoms with Gasteiger partial charge in [-0.05, 0) is 35.7 Å². The second-order valence-electron chi connectivity index (χ2n) is 4.13. The number of thiophene rings is 1. The molecule has 0 spiro atoms. The van der Waals surface area contributed by atoms with Gasteiger partial charge in [-0.3, -0.25) is 0 Å². The summed E-state index contributed by atoms with van der Waals surface area (Å²) < 4.78 is 6.20. The van der Waals surface area contributed by atoms with Gasteiger partial charge in [-0.15, -0.1) is 11.3 Å². The number of rotatable bonds is 4. The van der Waals surface area contributed by atoms with Crippen LogP contribution in [-0.4, -0.2) is 24.1 Å². The first-order valence-corrected chi connectivity index (χ1v) is 7.02. The van der Waals surface area contributed by atoms with Gasteiger partial charge in [-0.1, -0.05) is 0 Å². The minimum Gasteiger partial charge on any atom is -0.497 e. The SMILES string of the molecule is CNc1nc(Nc2ccc(OC)cc2)nc2ccsc12. The standard InChI is InChI=1S/C14H14N4OS/c1-15-13-12-11(7-8-20-12)17-14(18-13)16-9-3-5-10(19-2)6-4-9/h3-8H,1-2H3,(H2,15,16,17,18). The molecule has 0 amide bonds. The number of ether oxygens (including phenoxy) is 1. The van der Waals surface area contributed by atoms with Crippen molar-refractivity contribution in [2.75, 3.05) is 24.8 Å². The minimum absolute atomic E-state index is 0.574. The molecule has 5 nitrogen and oxygen atoms in total. The van der Waals surface area contributed by atoms with E-state index in [1.54, 1.807) is 18.4 Å². The third-order valence-electron chi connectivity index (χ3n) is 2.89. The average Bonchev–Trinajstić information content (AvgIpc) is 2.95. The minimum atomic E-state index is 0.574. The van der Waals surface area contributed by atoms with Crippen molar-refractivity contribution >= 4 is 39.0 Å². The predicted molar refractivity (Wildman–Crippen MR) is 83.2 cm³/mol. The van der Waals surface area contributed by atoms with Crippen LogP contribution in [0.4, 0.5) is 17.5 Å². The molecule has 0 saturated carbocycles. The zero-order chi connectivity index (χ0) is 13.9. The first kappa shape index (κ1) is 12.7. The highest BCUT2D eigenvalue weighted by atomic mass is 32.1. The van der Waals surface area contributed by atoms with Crippen molar-refractivity contribution in [3.8, 4) is 5.75 Å². The second kappa shape index (κ2) is 5.34. The summed E-state index contributed by atoms with van der Waals surface area (Å²) in [4.78, 5) is 8.97. The van der Waals surface area contributed by atoms with Crippen LogP contribution in [-0.2, 0) is 0 Å². The smallest absolute Gasteiger partial charge is 0.229 e. The molecule has 0 atom stereocenters. The quantitative estimate of drug-likeness (QED) is 0.769. The van der Waals surface area contributed by atoms with Crippen LogP contribution in [0.2, 0.25) is 0 Å². The van der Waals surface area contributed by atoms with E-state index in [9.17, 15) is 0 Å². The predicted octanol–water partition coefficient (Wildman–Crippen LogP) is 3.49. The molecule has 0 aliphatic carbocycles. The lowest BCUT2D eigenvalue weighted by Crippen LogP contribution is -2.00. The maximum absolute atomic E-state index is 5.14. The van der Waals surface area contributed by atoms with Crippen molar-refractivity contribution in [3.05, 3.63) is 35.7 Å². The van der Waals surface area contributed by atoms with E-state index >= 15 is 0 Å². The first-order valence-electron chi connectivity index (χ1n) is 6.14. The monoisotopic (exact) mass is 286 g/mol. The van der Waals surface area contributed by atoms with Crippen LogP contribution in [0.25, 0.3) is 10.2 Å². The number of fused-ring (bicyclic) bond motifs is 1. The maximum Gasteiger partial charge on any atom is 0.229 e. The molecule has 6 heteroatoms. The molecule has 102 valence electrons. The molecule has 2 N–H and O–H groups in total. The normalized spacial score (nSPS) is 10.5. The van der Waals surface area contributed by atoms with Crippen molar-refractivity contribution in [2.45, 2.75) is 0 Å². The van der Waals surface area contributed by atoms with E-state index in [0.717, 1.165) is 27.5 Å². The Morgan fingerprint density at radius 2 is 1.90 bits per heavy atom. The van der Waals surface area contributed by atoms with E-state index in [2.05, 4.69) is 20.6 Å². The Bertz CT molecular complexity index is 724. The van der Waals surface area contributed by atoms with Crippen molar-refractivity contribution in [3.63, 3.8) is 0 Å². The second-order valence-corrected chi connectivity index (χ2v) is 5.05. The molecule has 2 heterocycles. The van der Waals surface area contributed by atoms with Gasteiger partial charge in [0.15, 0.2) is 0 Å². The van der Waals surface area contributed by atoms with Crippen LogP contribution in [0, 0.1) is 0 Å². The molecule has 0 fully saturated rings. The maximum atomic E-state index is 5.14. The number of nitrogens with zero attached hydrogens (tertiary/aromatic N) is 2. The van der Waals surface area contributed by atoms with Crippen molar-refractivity contribution in [1.29, 1.82) is 0 Å². The van der Waals surface area contributed by atoms with E-state index in [-0.39, 0.29) is 0 Å². The van der Waals surface area contributed by atoms with E-state index in [0.29, 0.717) is 5.95 Å². The van der Waals surface area contributed by atoms with Gasteiger partial charge in [0, 0.05) is 12.7 Å². The van der Waals surface area contributed by atoms with Gasteiger partial charge < -0.3 is 15.4 Å². The Morgan fingerprint density at radius 1 is 1.10 bits per heavy atom. The van der Waals surface area contributed by atoms with Crippen molar-refractivity contribution in [1.82, 2.24) is 9.97 Å². The van der Waals surface area contributed by atoms with Gasteiger partial charge in [0.05, 0.1) is 17.3 Å². The lowest BCUT2D eigenvalue weighted by molar-refractivity contribution is 0.415. The van der Waals surface area contributed by atoms with Crippen molar-refractivity contribution < 1.29 is 4.74 Å². The molecule has 0 bridgehead atoms. The Hall–Kier alpha value is -2.34. The lowest BCUT2D eigenvalue weighted by Gasteiger charge is -2.08. The van der Waals surface area contributed by atoms with Gasteiger partial charge in [0.1, 0.15) is 11.6 Å². The van der Waals surface area contributed by atoms with Crippen LogP contribution in [0.15, 0.2) is 35.7 Å². The highest BCUT2D eigenvalue weighted by molar-refractivity contribution is 7.17. The number of nitrogens with one attached hydrogen (secondary N) is 2. The summed E-state index contributed by atoms with van der Waals surface area (Å²) in [5.41, 5.74) is 1.85. The molecule has 3 aromatic rings. The molecular weight excluding hydrogens is 272 g/mol. The van der Waals surface area contributed by atoms with Crippen LogP contribution >= 0.6 is 11.3 Å². The van der Waals surface area contributed by atoms with Crippen LogP contribution in [0.3, 0.4) is 0 Å². The summed E-state index contributed by atoms with van der Waals surface area (Å²) in [6, 6.07) is 9.63. The Labute approximate surface area is 120 Å². The molecule has 0 aliphatic rings. The molecule has 3 rings (SSSR count). The molecular formula is C14H14N4OS. The Balaban J connectivity index is 1.93. The fourth-order valence-corrected chi connectivity index (χ4v) is 2.72. The number of benzene rings is 1. The number of hydrogen-bond acceptors (Lipinski definition) is 6. The summed E-state index contributed by atoms with van der Waals surface area (Å²) in [6.07, 6.45) is 0. The Kier molecular flexibility index (Phi) is 3.39. The first-order chi connectivity index (χ1) is 9.80. The molecule has 0 radical (unpaired) electrons. The van der Waals surface area contributed by atoms with Gasteiger partial charge in [-0.25, -0.2) is 4.98 Å². The zero-order valence-electron chi connectivity index (χ0n) is 11.2. The third-order valence-corrected chi connectivity index (χ3v) is 3.80. The Morgan fingerprint density at radius 3 is 2.60 bits per heavy atom. The van der Waals surface area contributed by atoms with E-state index in [1.165, 1.54) is 0 Å². The number of aromatic nitrogens is 2. The highest BCUT2D eigenvalue weighted by Gasteiger charge is 2.08. The summed E-state index contributed by atoms with van der Waals surface area (Å²) in [7, 11) is 3.51. The van der Waals surface area contributed by atoms with Crippen LogP contribution in [0.5, 0.6) is 5.75 Å². The molecule has 2 aromatic heterocycles. The van der Waals surface area contributed by atoms with E-state index < -0.39 is 0 Å². The van der Waals surface area contributed by atoms with E-state index in [1.807, 2.05) is 42.8 Å². The highest BCUT2D eigenvalue weighted by Crippen LogP contribution is 2.28. The molecule has 0 aliphatic heterocycles.